The van der Waals surface area contributed by atoms with Gasteiger partial charge in [0.15, 0.2) is 5.69 Å². The van der Waals surface area contributed by atoms with Crippen molar-refractivity contribution < 1.29 is 14.6 Å². The molecule has 0 bridgehead atoms. The van der Waals surface area contributed by atoms with Crippen LogP contribution in [0.15, 0.2) is 18.2 Å². The fourth-order valence-corrected chi connectivity index (χ4v) is 2.65. The van der Waals surface area contributed by atoms with Crippen molar-refractivity contribution in [3.63, 3.8) is 0 Å². The molecule has 1 heterocycles. The second kappa shape index (κ2) is 4.66. The molecule has 1 N–H and O–H groups in total. The molecule has 6 heteroatoms. The minimum atomic E-state index is -1.09. The lowest BCUT2D eigenvalue weighted by Gasteiger charge is -2.08. The molecule has 88 valence electrons. The molecule has 0 aliphatic rings. The average Bonchev–Trinajstić information content (AvgIpc) is 2.27. The Kier molecular flexibility index (Phi) is 3.39. The summed E-state index contributed by atoms with van der Waals surface area (Å²) >= 11 is 8.01. The van der Waals surface area contributed by atoms with Crippen LogP contribution in [0.5, 0.6) is 5.75 Å². The third-order valence-corrected chi connectivity index (χ3v) is 3.27. The molecular formula is C11H7ClINO3. The summed E-state index contributed by atoms with van der Waals surface area (Å²) in [5.41, 5.74) is 0.529. The van der Waals surface area contributed by atoms with Gasteiger partial charge in [-0.2, -0.15) is 0 Å². The number of hydrogen-bond donors (Lipinski definition) is 1. The molecule has 2 rings (SSSR count). The molecule has 0 amide bonds. The number of carboxylic acids is 1. The Balaban J connectivity index is 2.87. The van der Waals surface area contributed by atoms with Crippen LogP contribution in [0.3, 0.4) is 0 Å². The fraction of sp³-hybridized carbons (Fsp3) is 0.0909. The number of rotatable bonds is 2. The van der Waals surface area contributed by atoms with Crippen molar-refractivity contribution >= 4 is 51.1 Å². The molecule has 4 nitrogen and oxygen atoms in total. The Morgan fingerprint density at radius 1 is 1.47 bits per heavy atom. The molecule has 0 unspecified atom stereocenters. The predicted octanol–water partition coefficient (Wildman–Crippen LogP) is 3.20. The van der Waals surface area contributed by atoms with E-state index < -0.39 is 5.97 Å². The molecule has 0 saturated heterocycles. The third kappa shape index (κ3) is 2.30. The second-order valence-corrected chi connectivity index (χ2v) is 4.90. The molecular weight excluding hydrogens is 356 g/mol. The van der Waals surface area contributed by atoms with Crippen LogP contribution in [0.2, 0.25) is 5.02 Å². The van der Waals surface area contributed by atoms with Gasteiger partial charge in [0, 0.05) is 20.0 Å². The first-order valence-corrected chi connectivity index (χ1v) is 6.05. The van der Waals surface area contributed by atoms with E-state index in [9.17, 15) is 4.79 Å². The van der Waals surface area contributed by atoms with Crippen molar-refractivity contribution in [2.24, 2.45) is 0 Å². The molecule has 0 aliphatic heterocycles. The lowest BCUT2D eigenvalue weighted by Crippen LogP contribution is -2.02. The standard InChI is InChI=1S/C11H7ClINO3/c1-17-9-4-8(11(15)16)14-10-6(9)2-5(12)3-7(10)13/h2-4H,1H3,(H,15,16). The van der Waals surface area contributed by atoms with Crippen LogP contribution in [-0.2, 0) is 0 Å². The van der Waals surface area contributed by atoms with Gasteiger partial charge in [0.05, 0.1) is 12.6 Å². The summed E-state index contributed by atoms with van der Waals surface area (Å²) in [7, 11) is 1.48. The highest BCUT2D eigenvalue weighted by atomic mass is 127. The number of aromatic carboxylic acids is 1. The molecule has 17 heavy (non-hydrogen) atoms. The quantitative estimate of drug-likeness (QED) is 0.833. The third-order valence-electron chi connectivity index (χ3n) is 2.23. The number of carbonyl (C=O) groups is 1. The number of ether oxygens (including phenoxy) is 1. The SMILES string of the molecule is COc1cc(C(=O)O)nc2c(I)cc(Cl)cc12. The van der Waals surface area contributed by atoms with Crippen molar-refractivity contribution in [3.8, 4) is 5.75 Å². The summed E-state index contributed by atoms with van der Waals surface area (Å²) in [5.74, 6) is -0.635. The van der Waals surface area contributed by atoms with Crippen molar-refractivity contribution in [1.29, 1.82) is 0 Å². The normalized spacial score (nSPS) is 10.5. The Labute approximate surface area is 116 Å². The number of aromatic nitrogens is 1. The molecule has 0 saturated carbocycles. The number of methoxy groups -OCH3 is 1. The lowest BCUT2D eigenvalue weighted by molar-refractivity contribution is 0.0690. The highest BCUT2D eigenvalue weighted by molar-refractivity contribution is 14.1. The Morgan fingerprint density at radius 2 is 2.18 bits per heavy atom. The van der Waals surface area contributed by atoms with E-state index in [2.05, 4.69) is 27.6 Å². The van der Waals surface area contributed by atoms with Gasteiger partial charge in [-0.25, -0.2) is 9.78 Å². The van der Waals surface area contributed by atoms with Crippen LogP contribution in [-0.4, -0.2) is 23.2 Å². The number of pyridine rings is 1. The summed E-state index contributed by atoms with van der Waals surface area (Å²) in [6, 6.07) is 4.82. The number of hydrogen-bond acceptors (Lipinski definition) is 3. The van der Waals surface area contributed by atoms with Gasteiger partial charge in [-0.05, 0) is 34.7 Å². The van der Waals surface area contributed by atoms with Gasteiger partial charge < -0.3 is 9.84 Å². The van der Waals surface area contributed by atoms with E-state index >= 15 is 0 Å². The van der Waals surface area contributed by atoms with Gasteiger partial charge in [-0.1, -0.05) is 11.6 Å². The molecule has 0 aliphatic carbocycles. The van der Waals surface area contributed by atoms with E-state index in [1.54, 1.807) is 12.1 Å². The molecule has 0 atom stereocenters. The van der Waals surface area contributed by atoms with Gasteiger partial charge in [-0.3, -0.25) is 0 Å². The van der Waals surface area contributed by atoms with Gasteiger partial charge in [0.25, 0.3) is 0 Å². The zero-order valence-corrected chi connectivity index (χ0v) is 11.6. The highest BCUT2D eigenvalue weighted by Crippen LogP contribution is 2.31. The maximum Gasteiger partial charge on any atom is 0.354 e. The van der Waals surface area contributed by atoms with E-state index in [0.29, 0.717) is 21.7 Å². The molecule has 0 spiro atoms. The summed E-state index contributed by atoms with van der Waals surface area (Å²) < 4.78 is 5.95. The number of benzene rings is 1. The molecule has 2 aromatic rings. The van der Waals surface area contributed by atoms with Crippen molar-refractivity contribution in [2.45, 2.75) is 0 Å². The first kappa shape index (κ1) is 12.4. The van der Waals surface area contributed by atoms with E-state index in [-0.39, 0.29) is 5.69 Å². The second-order valence-electron chi connectivity index (χ2n) is 3.30. The van der Waals surface area contributed by atoms with Crippen LogP contribution in [0.25, 0.3) is 10.9 Å². The monoisotopic (exact) mass is 363 g/mol. The molecule has 1 aromatic carbocycles. The average molecular weight is 364 g/mol. The van der Waals surface area contributed by atoms with E-state index in [4.69, 9.17) is 21.4 Å². The highest BCUT2D eigenvalue weighted by Gasteiger charge is 2.13. The maximum absolute atomic E-state index is 10.9. The van der Waals surface area contributed by atoms with Gasteiger partial charge >= 0.3 is 5.97 Å². The predicted molar refractivity (Wildman–Crippen MR) is 73.0 cm³/mol. The number of nitrogens with zero attached hydrogens (tertiary/aromatic N) is 1. The van der Waals surface area contributed by atoms with Crippen LogP contribution in [0.1, 0.15) is 10.5 Å². The minimum absolute atomic E-state index is 0.0467. The van der Waals surface area contributed by atoms with Gasteiger partial charge in [0.1, 0.15) is 5.75 Å². The van der Waals surface area contributed by atoms with E-state index in [1.807, 2.05) is 0 Å². The van der Waals surface area contributed by atoms with E-state index in [0.717, 1.165) is 3.57 Å². The van der Waals surface area contributed by atoms with Crippen molar-refractivity contribution in [1.82, 2.24) is 4.98 Å². The Hall–Kier alpha value is -1.08. The van der Waals surface area contributed by atoms with Crippen LogP contribution in [0.4, 0.5) is 0 Å². The minimum Gasteiger partial charge on any atom is -0.496 e. The molecule has 0 fully saturated rings. The Bertz CT molecular complexity index is 615. The number of fused-ring (bicyclic) bond motifs is 1. The van der Waals surface area contributed by atoms with Crippen LogP contribution >= 0.6 is 34.2 Å². The van der Waals surface area contributed by atoms with Crippen molar-refractivity contribution in [2.75, 3.05) is 7.11 Å². The summed E-state index contributed by atoms with van der Waals surface area (Å²) in [5, 5.41) is 10.2. The van der Waals surface area contributed by atoms with E-state index in [1.165, 1.54) is 13.2 Å². The molecule has 0 radical (unpaired) electrons. The van der Waals surface area contributed by atoms with Gasteiger partial charge in [-0.15, -0.1) is 0 Å². The number of halogens is 2. The smallest absolute Gasteiger partial charge is 0.354 e. The maximum atomic E-state index is 10.9. The zero-order chi connectivity index (χ0) is 12.6. The first-order valence-electron chi connectivity index (χ1n) is 4.60. The summed E-state index contributed by atoms with van der Waals surface area (Å²) in [6.45, 7) is 0. The first-order chi connectivity index (χ1) is 8.02. The Morgan fingerprint density at radius 3 is 2.76 bits per heavy atom. The zero-order valence-electron chi connectivity index (χ0n) is 8.70. The largest absolute Gasteiger partial charge is 0.496 e. The van der Waals surface area contributed by atoms with Crippen LogP contribution in [0, 0.1) is 3.57 Å². The van der Waals surface area contributed by atoms with Crippen molar-refractivity contribution in [3.05, 3.63) is 32.5 Å². The number of carboxylic acid groups (broad SMARTS) is 1. The van der Waals surface area contributed by atoms with Gasteiger partial charge in [0.2, 0.25) is 0 Å². The topological polar surface area (TPSA) is 59.4 Å². The fourth-order valence-electron chi connectivity index (χ4n) is 1.50. The summed E-state index contributed by atoms with van der Waals surface area (Å²) in [6.07, 6.45) is 0. The lowest BCUT2D eigenvalue weighted by atomic mass is 10.2. The van der Waals surface area contributed by atoms with Crippen LogP contribution < -0.4 is 4.74 Å². The molecule has 1 aromatic heterocycles. The summed E-state index contributed by atoms with van der Waals surface area (Å²) in [4.78, 5) is 15.0.